The molecule has 2 heteroatoms. The van der Waals surface area contributed by atoms with E-state index in [1.54, 1.807) is 0 Å². The van der Waals surface area contributed by atoms with Gasteiger partial charge >= 0.3 is 0 Å². The minimum atomic E-state index is -0.455. The van der Waals surface area contributed by atoms with Gasteiger partial charge in [-0.05, 0) is 36.1 Å². The van der Waals surface area contributed by atoms with Gasteiger partial charge in [-0.1, -0.05) is 49.7 Å². The van der Waals surface area contributed by atoms with E-state index in [1.807, 2.05) is 25.1 Å². The average molecular weight is 282 g/mol. The van der Waals surface area contributed by atoms with Crippen LogP contribution in [0.25, 0.3) is 0 Å². The summed E-state index contributed by atoms with van der Waals surface area (Å²) in [4.78, 5) is 0. The summed E-state index contributed by atoms with van der Waals surface area (Å²) >= 11 is 0. The maximum absolute atomic E-state index is 10.4. The van der Waals surface area contributed by atoms with E-state index in [1.165, 1.54) is 5.56 Å². The third kappa shape index (κ3) is 2.81. The van der Waals surface area contributed by atoms with E-state index in [2.05, 4.69) is 38.1 Å². The normalized spacial score (nSPS) is 21.0. The van der Waals surface area contributed by atoms with Crippen molar-refractivity contribution in [2.75, 3.05) is 0 Å². The topological polar surface area (TPSA) is 29.5 Å². The van der Waals surface area contributed by atoms with Crippen molar-refractivity contribution in [3.8, 4) is 5.75 Å². The van der Waals surface area contributed by atoms with Gasteiger partial charge in [0.1, 0.15) is 11.9 Å². The van der Waals surface area contributed by atoms with Crippen molar-refractivity contribution < 1.29 is 9.84 Å². The average Bonchev–Trinajstić information content (AvgIpc) is 2.48. The smallest absolute Gasteiger partial charge is 0.127 e. The molecule has 0 spiro atoms. The van der Waals surface area contributed by atoms with Gasteiger partial charge < -0.3 is 9.84 Å². The minimum absolute atomic E-state index is 0.0728. The van der Waals surface area contributed by atoms with Crippen molar-refractivity contribution in [3.05, 3.63) is 64.7 Å². The summed E-state index contributed by atoms with van der Waals surface area (Å²) < 4.78 is 6.08. The fourth-order valence-corrected chi connectivity index (χ4v) is 2.87. The second kappa shape index (κ2) is 5.53. The molecule has 110 valence electrons. The lowest BCUT2D eigenvalue weighted by molar-refractivity contribution is 0.0657. The predicted octanol–water partition coefficient (Wildman–Crippen LogP) is 4.68. The van der Waals surface area contributed by atoms with Gasteiger partial charge in [0.05, 0.1) is 6.10 Å². The lowest BCUT2D eigenvalue weighted by Crippen LogP contribution is -2.19. The Balaban J connectivity index is 1.86. The Morgan fingerprint density at radius 2 is 1.81 bits per heavy atom. The first-order valence-corrected chi connectivity index (χ1v) is 7.59. The number of rotatable bonds is 2. The molecule has 2 atom stereocenters. The van der Waals surface area contributed by atoms with E-state index >= 15 is 0 Å². The van der Waals surface area contributed by atoms with Crippen molar-refractivity contribution in [1.82, 2.24) is 0 Å². The van der Waals surface area contributed by atoms with Crippen LogP contribution in [-0.2, 0) is 0 Å². The monoisotopic (exact) mass is 282 g/mol. The standard InChI is InChI=1S/C19H22O2/c1-12(2)14-5-7-15(8-6-14)19-11-17(20)16-10-13(3)4-9-18(16)21-19/h4-10,12,17,19-20H,11H2,1-3H3. The third-order valence-corrected chi connectivity index (χ3v) is 4.21. The quantitative estimate of drug-likeness (QED) is 0.867. The molecule has 1 heterocycles. The number of fused-ring (bicyclic) bond motifs is 1. The molecule has 2 unspecified atom stereocenters. The molecular formula is C19H22O2. The molecule has 21 heavy (non-hydrogen) atoms. The van der Waals surface area contributed by atoms with Gasteiger partial charge in [-0.3, -0.25) is 0 Å². The van der Waals surface area contributed by atoms with Gasteiger partial charge in [0.2, 0.25) is 0 Å². The second-order valence-electron chi connectivity index (χ2n) is 6.22. The highest BCUT2D eigenvalue weighted by atomic mass is 16.5. The maximum atomic E-state index is 10.4. The molecule has 0 bridgehead atoms. The van der Waals surface area contributed by atoms with Crippen molar-refractivity contribution in [3.63, 3.8) is 0 Å². The van der Waals surface area contributed by atoms with Gasteiger partial charge in [-0.2, -0.15) is 0 Å². The molecule has 0 amide bonds. The first kappa shape index (κ1) is 14.2. The van der Waals surface area contributed by atoms with Gasteiger partial charge in [0, 0.05) is 12.0 Å². The van der Waals surface area contributed by atoms with Gasteiger partial charge in [-0.15, -0.1) is 0 Å². The van der Waals surface area contributed by atoms with Crippen LogP contribution in [0.1, 0.15) is 60.6 Å². The highest BCUT2D eigenvalue weighted by Gasteiger charge is 2.28. The first-order chi connectivity index (χ1) is 10.0. The van der Waals surface area contributed by atoms with Crippen molar-refractivity contribution in [2.24, 2.45) is 0 Å². The fraction of sp³-hybridized carbons (Fsp3) is 0.368. The molecule has 0 radical (unpaired) electrons. The van der Waals surface area contributed by atoms with E-state index < -0.39 is 6.10 Å². The zero-order valence-corrected chi connectivity index (χ0v) is 12.8. The van der Waals surface area contributed by atoms with Crippen LogP contribution >= 0.6 is 0 Å². The van der Waals surface area contributed by atoms with Crippen LogP contribution in [0.5, 0.6) is 5.75 Å². The molecular weight excluding hydrogens is 260 g/mol. The zero-order chi connectivity index (χ0) is 15.0. The van der Waals surface area contributed by atoms with Gasteiger partial charge in [0.25, 0.3) is 0 Å². The highest BCUT2D eigenvalue weighted by Crippen LogP contribution is 2.41. The van der Waals surface area contributed by atoms with Gasteiger partial charge in [0.15, 0.2) is 0 Å². The van der Waals surface area contributed by atoms with E-state index in [-0.39, 0.29) is 6.10 Å². The van der Waals surface area contributed by atoms with E-state index in [0.717, 1.165) is 22.4 Å². The van der Waals surface area contributed by atoms with E-state index in [4.69, 9.17) is 4.74 Å². The van der Waals surface area contributed by atoms with Crippen LogP contribution in [0, 0.1) is 6.92 Å². The summed E-state index contributed by atoms with van der Waals surface area (Å²) in [5, 5.41) is 10.4. The van der Waals surface area contributed by atoms with Crippen LogP contribution in [0.2, 0.25) is 0 Å². The summed E-state index contributed by atoms with van der Waals surface area (Å²) in [5.41, 5.74) is 4.51. The highest BCUT2D eigenvalue weighted by molar-refractivity contribution is 5.41. The van der Waals surface area contributed by atoms with E-state index in [0.29, 0.717) is 12.3 Å². The maximum Gasteiger partial charge on any atom is 0.127 e. The van der Waals surface area contributed by atoms with Crippen molar-refractivity contribution in [2.45, 2.75) is 45.3 Å². The molecule has 2 aromatic rings. The first-order valence-electron chi connectivity index (χ1n) is 7.59. The van der Waals surface area contributed by atoms with Crippen LogP contribution in [0.3, 0.4) is 0 Å². The minimum Gasteiger partial charge on any atom is -0.485 e. The largest absolute Gasteiger partial charge is 0.485 e. The zero-order valence-electron chi connectivity index (χ0n) is 12.8. The number of hydrogen-bond donors (Lipinski definition) is 1. The third-order valence-electron chi connectivity index (χ3n) is 4.21. The second-order valence-corrected chi connectivity index (χ2v) is 6.22. The molecule has 1 aliphatic heterocycles. The van der Waals surface area contributed by atoms with Gasteiger partial charge in [-0.25, -0.2) is 0 Å². The Hall–Kier alpha value is -1.80. The molecule has 0 saturated heterocycles. The number of ether oxygens (including phenoxy) is 1. The summed E-state index contributed by atoms with van der Waals surface area (Å²) in [6.07, 6.45) is 0.0807. The van der Waals surface area contributed by atoms with Crippen molar-refractivity contribution in [1.29, 1.82) is 0 Å². The number of aliphatic hydroxyl groups is 1. The SMILES string of the molecule is Cc1ccc2c(c1)C(O)CC(c1ccc(C(C)C)cc1)O2. The van der Waals surface area contributed by atoms with Crippen molar-refractivity contribution >= 4 is 0 Å². The Bertz CT molecular complexity index is 629. The Labute approximate surface area is 126 Å². The molecule has 0 aromatic heterocycles. The molecule has 1 aliphatic rings. The Morgan fingerprint density at radius 3 is 2.48 bits per heavy atom. The molecule has 0 saturated carbocycles. The molecule has 2 aromatic carbocycles. The van der Waals surface area contributed by atoms with Crippen LogP contribution in [-0.4, -0.2) is 5.11 Å². The predicted molar refractivity (Wildman–Crippen MR) is 84.7 cm³/mol. The summed E-state index contributed by atoms with van der Waals surface area (Å²) in [6, 6.07) is 14.5. The summed E-state index contributed by atoms with van der Waals surface area (Å²) in [7, 11) is 0. The molecule has 1 N–H and O–H groups in total. The van der Waals surface area contributed by atoms with E-state index in [9.17, 15) is 5.11 Å². The Kier molecular flexibility index (Phi) is 3.73. The number of benzene rings is 2. The lowest BCUT2D eigenvalue weighted by Gasteiger charge is -2.30. The molecule has 0 aliphatic carbocycles. The Morgan fingerprint density at radius 1 is 1.10 bits per heavy atom. The van der Waals surface area contributed by atoms with Crippen LogP contribution < -0.4 is 4.74 Å². The van der Waals surface area contributed by atoms with Crippen LogP contribution in [0.4, 0.5) is 0 Å². The number of hydrogen-bond acceptors (Lipinski definition) is 2. The lowest BCUT2D eigenvalue weighted by atomic mass is 9.93. The molecule has 3 rings (SSSR count). The fourth-order valence-electron chi connectivity index (χ4n) is 2.87. The summed E-state index contributed by atoms with van der Waals surface area (Å²) in [6.45, 7) is 6.41. The number of aryl methyl sites for hydroxylation is 1. The molecule has 2 nitrogen and oxygen atoms in total. The summed E-state index contributed by atoms with van der Waals surface area (Å²) in [5.74, 6) is 1.33. The van der Waals surface area contributed by atoms with Crippen LogP contribution in [0.15, 0.2) is 42.5 Å². The molecule has 0 fully saturated rings. The number of aliphatic hydroxyl groups excluding tert-OH is 1.